The predicted octanol–water partition coefficient (Wildman–Crippen LogP) is 1.62. The van der Waals surface area contributed by atoms with Crippen molar-refractivity contribution in [3.05, 3.63) is 35.4 Å². The molecule has 1 aromatic rings. The van der Waals surface area contributed by atoms with Crippen molar-refractivity contribution >= 4 is 5.91 Å². The molecule has 1 saturated heterocycles. The first-order valence-corrected chi connectivity index (χ1v) is 7.61. The molecule has 0 aliphatic carbocycles. The number of rotatable bonds is 6. The standard InChI is InChI=1S/C17H26N2O3/c1-18(2)17(20)14-7-5-6-13(8-14)10-19-11-16(22-4)9-15(19)12-21-3/h5-8,15-16H,9-12H2,1-4H3/t15-,16-/m0/s1. The number of ether oxygens (including phenoxy) is 2. The Kier molecular flexibility index (Phi) is 5.94. The van der Waals surface area contributed by atoms with Crippen LogP contribution in [0.3, 0.4) is 0 Å². The second-order valence-corrected chi connectivity index (χ2v) is 6.03. The number of methoxy groups -OCH3 is 2. The SMILES string of the molecule is COC[C@@H]1C[C@H](OC)CN1Cc1cccc(C(=O)N(C)C)c1. The van der Waals surface area contributed by atoms with E-state index in [1.54, 1.807) is 33.2 Å². The van der Waals surface area contributed by atoms with Gasteiger partial charge in [-0.3, -0.25) is 9.69 Å². The lowest BCUT2D eigenvalue weighted by Gasteiger charge is -2.23. The van der Waals surface area contributed by atoms with Crippen LogP contribution in [0.5, 0.6) is 0 Å². The summed E-state index contributed by atoms with van der Waals surface area (Å²) in [5, 5.41) is 0. The van der Waals surface area contributed by atoms with Crippen molar-refractivity contribution < 1.29 is 14.3 Å². The van der Waals surface area contributed by atoms with Gasteiger partial charge in [0.1, 0.15) is 0 Å². The summed E-state index contributed by atoms with van der Waals surface area (Å²) >= 11 is 0. The molecule has 122 valence electrons. The Labute approximate surface area is 132 Å². The first-order chi connectivity index (χ1) is 10.5. The molecule has 1 heterocycles. The van der Waals surface area contributed by atoms with E-state index in [4.69, 9.17) is 9.47 Å². The molecule has 0 unspecified atom stereocenters. The van der Waals surface area contributed by atoms with Crippen LogP contribution in [-0.2, 0) is 16.0 Å². The third-order valence-electron chi connectivity index (χ3n) is 4.15. The van der Waals surface area contributed by atoms with Crippen molar-refractivity contribution in [1.29, 1.82) is 0 Å². The summed E-state index contributed by atoms with van der Waals surface area (Å²) in [6.45, 7) is 2.41. The normalized spacial score (nSPS) is 22.0. The van der Waals surface area contributed by atoms with Gasteiger partial charge in [0.05, 0.1) is 12.7 Å². The zero-order valence-electron chi connectivity index (χ0n) is 13.9. The smallest absolute Gasteiger partial charge is 0.253 e. The number of benzene rings is 1. The maximum Gasteiger partial charge on any atom is 0.253 e. The topological polar surface area (TPSA) is 42.0 Å². The lowest BCUT2D eigenvalue weighted by molar-refractivity contribution is 0.0827. The van der Waals surface area contributed by atoms with Crippen LogP contribution in [0.15, 0.2) is 24.3 Å². The van der Waals surface area contributed by atoms with E-state index >= 15 is 0 Å². The van der Waals surface area contributed by atoms with Crippen LogP contribution in [0.25, 0.3) is 0 Å². The van der Waals surface area contributed by atoms with E-state index in [1.807, 2.05) is 18.2 Å². The van der Waals surface area contributed by atoms with Crippen LogP contribution in [0.2, 0.25) is 0 Å². The van der Waals surface area contributed by atoms with Gasteiger partial charge in [0, 0.05) is 53.0 Å². The molecule has 0 N–H and O–H groups in total. The quantitative estimate of drug-likeness (QED) is 0.801. The van der Waals surface area contributed by atoms with Crippen LogP contribution in [0.1, 0.15) is 22.3 Å². The largest absolute Gasteiger partial charge is 0.383 e. The summed E-state index contributed by atoms with van der Waals surface area (Å²) in [5.74, 6) is 0.0338. The maximum absolute atomic E-state index is 12.1. The Morgan fingerprint density at radius 2 is 2.14 bits per heavy atom. The summed E-state index contributed by atoms with van der Waals surface area (Å²) in [5.41, 5.74) is 1.87. The van der Waals surface area contributed by atoms with Gasteiger partial charge >= 0.3 is 0 Å². The highest BCUT2D eigenvalue weighted by Crippen LogP contribution is 2.23. The van der Waals surface area contributed by atoms with Gasteiger partial charge in [0.25, 0.3) is 5.91 Å². The second-order valence-electron chi connectivity index (χ2n) is 6.03. The van der Waals surface area contributed by atoms with E-state index < -0.39 is 0 Å². The van der Waals surface area contributed by atoms with Crippen molar-refractivity contribution in [2.45, 2.75) is 25.1 Å². The third-order valence-corrected chi connectivity index (χ3v) is 4.15. The van der Waals surface area contributed by atoms with E-state index in [2.05, 4.69) is 11.0 Å². The first-order valence-electron chi connectivity index (χ1n) is 7.61. The fraction of sp³-hybridized carbons (Fsp3) is 0.588. The van der Waals surface area contributed by atoms with Crippen molar-refractivity contribution in [3.8, 4) is 0 Å². The highest BCUT2D eigenvalue weighted by atomic mass is 16.5. The number of hydrogen-bond donors (Lipinski definition) is 0. The van der Waals surface area contributed by atoms with Gasteiger partial charge in [-0.1, -0.05) is 12.1 Å². The van der Waals surface area contributed by atoms with Gasteiger partial charge in [-0.2, -0.15) is 0 Å². The summed E-state index contributed by atoms with van der Waals surface area (Å²) in [4.78, 5) is 16.0. The minimum atomic E-state index is 0.0338. The molecule has 5 heteroatoms. The fourth-order valence-corrected chi connectivity index (χ4v) is 2.96. The van der Waals surface area contributed by atoms with Gasteiger partial charge in [0.15, 0.2) is 0 Å². The number of hydrogen-bond acceptors (Lipinski definition) is 4. The molecule has 1 aromatic carbocycles. The molecule has 1 aliphatic rings. The van der Waals surface area contributed by atoms with E-state index in [1.165, 1.54) is 0 Å². The van der Waals surface area contributed by atoms with Crippen molar-refractivity contribution in [3.63, 3.8) is 0 Å². The molecule has 2 atom stereocenters. The first kappa shape index (κ1) is 16.9. The molecule has 0 aromatic heterocycles. The van der Waals surface area contributed by atoms with Crippen LogP contribution in [0.4, 0.5) is 0 Å². The molecular weight excluding hydrogens is 280 g/mol. The van der Waals surface area contributed by atoms with E-state index in [9.17, 15) is 4.79 Å². The molecular formula is C17H26N2O3. The number of likely N-dealkylation sites (tertiary alicyclic amines) is 1. The molecule has 22 heavy (non-hydrogen) atoms. The average molecular weight is 306 g/mol. The number of nitrogens with zero attached hydrogens (tertiary/aromatic N) is 2. The molecule has 0 bridgehead atoms. The van der Waals surface area contributed by atoms with Gasteiger partial charge in [-0.05, 0) is 24.1 Å². The third kappa shape index (κ3) is 4.06. The number of carbonyl (C=O) groups is 1. The molecule has 1 aliphatic heterocycles. The molecule has 0 spiro atoms. The van der Waals surface area contributed by atoms with Crippen LogP contribution < -0.4 is 0 Å². The van der Waals surface area contributed by atoms with Crippen molar-refractivity contribution in [1.82, 2.24) is 9.80 Å². The Hall–Kier alpha value is -1.43. The Morgan fingerprint density at radius 3 is 2.77 bits per heavy atom. The van der Waals surface area contributed by atoms with Crippen LogP contribution in [0, 0.1) is 0 Å². The zero-order valence-corrected chi connectivity index (χ0v) is 13.9. The van der Waals surface area contributed by atoms with Gasteiger partial charge in [-0.25, -0.2) is 0 Å². The maximum atomic E-state index is 12.1. The Bertz CT molecular complexity index is 504. The van der Waals surface area contributed by atoms with Crippen LogP contribution in [-0.4, -0.2) is 69.3 Å². The second kappa shape index (κ2) is 7.72. The van der Waals surface area contributed by atoms with Crippen LogP contribution >= 0.6 is 0 Å². The molecule has 5 nitrogen and oxygen atoms in total. The Balaban J connectivity index is 2.09. The summed E-state index contributed by atoms with van der Waals surface area (Å²) in [6.07, 6.45) is 1.24. The molecule has 0 radical (unpaired) electrons. The predicted molar refractivity (Wildman–Crippen MR) is 85.9 cm³/mol. The highest BCUT2D eigenvalue weighted by Gasteiger charge is 2.31. The van der Waals surface area contributed by atoms with E-state index in [0.29, 0.717) is 12.6 Å². The zero-order chi connectivity index (χ0) is 16.1. The Morgan fingerprint density at radius 1 is 1.36 bits per heavy atom. The van der Waals surface area contributed by atoms with E-state index in [0.717, 1.165) is 30.6 Å². The minimum absolute atomic E-state index is 0.0338. The van der Waals surface area contributed by atoms with Gasteiger partial charge in [0.2, 0.25) is 0 Å². The van der Waals surface area contributed by atoms with Gasteiger partial charge in [-0.15, -0.1) is 0 Å². The molecule has 2 rings (SSSR count). The number of amides is 1. The summed E-state index contributed by atoms with van der Waals surface area (Å²) < 4.78 is 10.8. The lowest BCUT2D eigenvalue weighted by atomic mass is 10.1. The fourth-order valence-electron chi connectivity index (χ4n) is 2.96. The molecule has 0 saturated carbocycles. The molecule has 1 fully saturated rings. The summed E-state index contributed by atoms with van der Waals surface area (Å²) in [6, 6.07) is 8.22. The van der Waals surface area contributed by atoms with E-state index in [-0.39, 0.29) is 12.0 Å². The molecule has 1 amide bonds. The average Bonchev–Trinajstić information content (AvgIpc) is 2.89. The highest BCUT2D eigenvalue weighted by molar-refractivity contribution is 5.94. The van der Waals surface area contributed by atoms with Gasteiger partial charge < -0.3 is 14.4 Å². The van der Waals surface area contributed by atoms with Crippen molar-refractivity contribution in [2.75, 3.05) is 41.5 Å². The number of carbonyl (C=O) groups excluding carboxylic acids is 1. The van der Waals surface area contributed by atoms with Crippen molar-refractivity contribution in [2.24, 2.45) is 0 Å². The summed E-state index contributed by atoms with van der Waals surface area (Å²) in [7, 11) is 7.03. The minimum Gasteiger partial charge on any atom is -0.383 e. The monoisotopic (exact) mass is 306 g/mol. The lowest BCUT2D eigenvalue weighted by Crippen LogP contribution is -2.32.